The molecule has 21 heavy (non-hydrogen) atoms. The molecule has 0 heterocycles. The van der Waals surface area contributed by atoms with E-state index in [4.69, 9.17) is 5.73 Å². The Balaban J connectivity index is 2.23. The zero-order valence-corrected chi connectivity index (χ0v) is 14.6. The summed E-state index contributed by atoms with van der Waals surface area (Å²) in [4.78, 5) is 14.5. The van der Waals surface area contributed by atoms with Gasteiger partial charge in [0.25, 0.3) is 5.91 Å². The van der Waals surface area contributed by atoms with Crippen molar-refractivity contribution in [3.05, 3.63) is 68.6 Å². The quantitative estimate of drug-likeness (QED) is 0.812. The lowest BCUT2D eigenvalue weighted by Crippen LogP contribution is -2.35. The summed E-state index contributed by atoms with van der Waals surface area (Å²) in [6, 6.07) is 15.5. The number of carbonyl (C=O) groups is 1. The molecule has 3 nitrogen and oxygen atoms in total. The second kappa shape index (κ2) is 7.73. The molecule has 0 aromatic heterocycles. The minimum Gasteiger partial charge on any atom is -0.333 e. The summed E-state index contributed by atoms with van der Waals surface area (Å²) in [5.41, 5.74) is 7.38. The fourth-order valence-corrected chi connectivity index (χ4v) is 3.26. The topological polar surface area (TPSA) is 46.3 Å². The molecule has 110 valence electrons. The number of hydrogen-bond acceptors (Lipinski definition) is 2. The minimum atomic E-state index is -0.0244. The molecule has 5 heteroatoms. The fraction of sp³-hybridized carbons (Fsp3) is 0.188. The average Bonchev–Trinajstić information content (AvgIpc) is 2.47. The Kier molecular flexibility index (Phi) is 5.96. The average molecular weight is 412 g/mol. The molecule has 0 fully saturated rings. The molecule has 0 radical (unpaired) electrons. The van der Waals surface area contributed by atoms with Crippen molar-refractivity contribution < 1.29 is 4.79 Å². The Morgan fingerprint density at radius 3 is 2.43 bits per heavy atom. The molecule has 2 aromatic rings. The zero-order chi connectivity index (χ0) is 15.2. The smallest absolute Gasteiger partial charge is 0.255 e. The number of carbonyl (C=O) groups excluding carboxylic acids is 1. The van der Waals surface area contributed by atoms with Crippen LogP contribution in [0.1, 0.15) is 15.9 Å². The molecule has 0 aliphatic rings. The largest absolute Gasteiger partial charge is 0.333 e. The van der Waals surface area contributed by atoms with Gasteiger partial charge in [-0.15, -0.1) is 0 Å². The van der Waals surface area contributed by atoms with Gasteiger partial charge in [0.1, 0.15) is 0 Å². The first-order chi connectivity index (χ1) is 10.1. The van der Waals surface area contributed by atoms with Gasteiger partial charge in [-0.1, -0.05) is 46.3 Å². The van der Waals surface area contributed by atoms with Crippen molar-refractivity contribution >= 4 is 37.8 Å². The van der Waals surface area contributed by atoms with E-state index in [0.29, 0.717) is 25.2 Å². The predicted octanol–water partition coefficient (Wildman–Crippen LogP) is 3.81. The SMILES string of the molecule is NCCN(Cc1ccccc1)C(=O)c1ccc(Br)cc1Br. The van der Waals surface area contributed by atoms with E-state index in [0.717, 1.165) is 14.5 Å². The van der Waals surface area contributed by atoms with Crippen LogP contribution in [0, 0.1) is 0 Å². The zero-order valence-electron chi connectivity index (χ0n) is 11.4. The first-order valence-electron chi connectivity index (χ1n) is 6.60. The van der Waals surface area contributed by atoms with Crippen LogP contribution in [0.25, 0.3) is 0 Å². The maximum absolute atomic E-state index is 12.7. The van der Waals surface area contributed by atoms with Crippen molar-refractivity contribution in [2.75, 3.05) is 13.1 Å². The van der Waals surface area contributed by atoms with Crippen molar-refractivity contribution in [2.24, 2.45) is 5.73 Å². The molecule has 0 saturated carbocycles. The lowest BCUT2D eigenvalue weighted by Gasteiger charge is -2.23. The van der Waals surface area contributed by atoms with Gasteiger partial charge in [-0.05, 0) is 39.7 Å². The number of nitrogens with two attached hydrogens (primary N) is 1. The van der Waals surface area contributed by atoms with Gasteiger partial charge in [-0.2, -0.15) is 0 Å². The Morgan fingerprint density at radius 1 is 1.10 bits per heavy atom. The molecule has 2 rings (SSSR count). The Labute approximate surface area is 141 Å². The summed E-state index contributed by atoms with van der Waals surface area (Å²) < 4.78 is 1.70. The van der Waals surface area contributed by atoms with Crippen LogP contribution < -0.4 is 5.73 Å². The summed E-state index contributed by atoms with van der Waals surface area (Å²) in [7, 11) is 0. The first kappa shape index (κ1) is 16.2. The molecule has 0 aliphatic carbocycles. The van der Waals surface area contributed by atoms with E-state index in [1.54, 1.807) is 4.90 Å². The Bertz CT molecular complexity index is 617. The second-order valence-corrected chi connectivity index (χ2v) is 6.40. The van der Waals surface area contributed by atoms with Gasteiger partial charge in [0, 0.05) is 28.6 Å². The minimum absolute atomic E-state index is 0.0244. The number of halogens is 2. The number of nitrogens with zero attached hydrogens (tertiary/aromatic N) is 1. The van der Waals surface area contributed by atoms with Crippen LogP contribution >= 0.6 is 31.9 Å². The van der Waals surface area contributed by atoms with Gasteiger partial charge in [-0.25, -0.2) is 0 Å². The van der Waals surface area contributed by atoms with Crippen LogP contribution in [-0.2, 0) is 6.54 Å². The summed E-state index contributed by atoms with van der Waals surface area (Å²) in [6.07, 6.45) is 0. The molecule has 0 saturated heterocycles. The fourth-order valence-electron chi connectivity index (χ4n) is 2.05. The number of amides is 1. The molecular formula is C16H16Br2N2O. The van der Waals surface area contributed by atoms with E-state index in [1.165, 1.54) is 0 Å². The van der Waals surface area contributed by atoms with Crippen LogP contribution in [0.3, 0.4) is 0 Å². The predicted molar refractivity (Wildman–Crippen MR) is 92.1 cm³/mol. The number of hydrogen-bond donors (Lipinski definition) is 1. The van der Waals surface area contributed by atoms with Crippen LogP contribution in [-0.4, -0.2) is 23.9 Å². The van der Waals surface area contributed by atoms with Crippen LogP contribution in [0.2, 0.25) is 0 Å². The van der Waals surface area contributed by atoms with E-state index < -0.39 is 0 Å². The van der Waals surface area contributed by atoms with Crippen LogP contribution in [0.5, 0.6) is 0 Å². The van der Waals surface area contributed by atoms with Crippen molar-refractivity contribution in [3.63, 3.8) is 0 Å². The standard InChI is InChI=1S/C16H16Br2N2O/c17-13-6-7-14(15(18)10-13)16(21)20(9-8-19)11-12-4-2-1-3-5-12/h1-7,10H,8-9,11,19H2. The molecule has 0 unspecified atom stereocenters. The summed E-state index contributed by atoms with van der Waals surface area (Å²) in [6.45, 7) is 1.52. The molecule has 1 amide bonds. The lowest BCUT2D eigenvalue weighted by atomic mass is 10.1. The summed E-state index contributed by atoms with van der Waals surface area (Å²) >= 11 is 6.84. The number of rotatable bonds is 5. The molecule has 0 bridgehead atoms. The molecule has 2 N–H and O–H groups in total. The van der Waals surface area contributed by atoms with E-state index >= 15 is 0 Å². The van der Waals surface area contributed by atoms with Gasteiger partial charge in [-0.3, -0.25) is 4.79 Å². The van der Waals surface area contributed by atoms with Gasteiger partial charge < -0.3 is 10.6 Å². The van der Waals surface area contributed by atoms with Crippen LogP contribution in [0.4, 0.5) is 0 Å². The van der Waals surface area contributed by atoms with Crippen molar-refractivity contribution in [1.29, 1.82) is 0 Å². The van der Waals surface area contributed by atoms with Gasteiger partial charge >= 0.3 is 0 Å². The molecule has 0 spiro atoms. The number of benzene rings is 2. The van der Waals surface area contributed by atoms with E-state index in [2.05, 4.69) is 31.9 Å². The summed E-state index contributed by atoms with van der Waals surface area (Å²) in [5.74, 6) is -0.0244. The van der Waals surface area contributed by atoms with Gasteiger partial charge in [0.2, 0.25) is 0 Å². The van der Waals surface area contributed by atoms with Crippen LogP contribution in [0.15, 0.2) is 57.5 Å². The van der Waals surface area contributed by atoms with Crippen molar-refractivity contribution in [1.82, 2.24) is 4.90 Å². The Morgan fingerprint density at radius 2 is 1.81 bits per heavy atom. The highest BCUT2D eigenvalue weighted by Gasteiger charge is 2.18. The molecular weight excluding hydrogens is 396 g/mol. The summed E-state index contributed by atoms with van der Waals surface area (Å²) in [5, 5.41) is 0. The molecule has 0 atom stereocenters. The van der Waals surface area contributed by atoms with Gasteiger partial charge in [0.15, 0.2) is 0 Å². The monoisotopic (exact) mass is 410 g/mol. The highest BCUT2D eigenvalue weighted by atomic mass is 79.9. The molecule has 0 aliphatic heterocycles. The first-order valence-corrected chi connectivity index (χ1v) is 8.18. The third-order valence-corrected chi connectivity index (χ3v) is 4.21. The highest BCUT2D eigenvalue weighted by Crippen LogP contribution is 2.23. The van der Waals surface area contributed by atoms with Crippen molar-refractivity contribution in [2.45, 2.75) is 6.54 Å². The third-order valence-electron chi connectivity index (χ3n) is 3.06. The maximum Gasteiger partial charge on any atom is 0.255 e. The highest BCUT2D eigenvalue weighted by molar-refractivity contribution is 9.11. The second-order valence-electron chi connectivity index (χ2n) is 4.63. The maximum atomic E-state index is 12.7. The van der Waals surface area contributed by atoms with E-state index in [9.17, 15) is 4.79 Å². The Hall–Kier alpha value is -1.17. The van der Waals surface area contributed by atoms with E-state index in [-0.39, 0.29) is 5.91 Å². The van der Waals surface area contributed by atoms with Gasteiger partial charge in [0.05, 0.1) is 5.56 Å². The van der Waals surface area contributed by atoms with Crippen molar-refractivity contribution in [3.8, 4) is 0 Å². The van der Waals surface area contributed by atoms with E-state index in [1.807, 2.05) is 48.5 Å². The third kappa shape index (κ3) is 4.40. The lowest BCUT2D eigenvalue weighted by molar-refractivity contribution is 0.0747. The normalized spacial score (nSPS) is 10.4. The molecule has 2 aromatic carbocycles.